The molecule has 8 nitrogen and oxygen atoms in total. The minimum atomic E-state index is -0.246. The van der Waals surface area contributed by atoms with E-state index < -0.39 is 0 Å². The first-order chi connectivity index (χ1) is 15.7. The first-order valence-corrected chi connectivity index (χ1v) is 11.3. The zero-order valence-electron chi connectivity index (χ0n) is 18.3. The van der Waals surface area contributed by atoms with Crippen LogP contribution in [0.25, 0.3) is 5.57 Å². The zero-order valence-corrected chi connectivity index (χ0v) is 18.3. The molecule has 1 saturated carbocycles. The average molecular weight is 430 g/mol. The summed E-state index contributed by atoms with van der Waals surface area (Å²) in [5, 5.41) is 19.8. The van der Waals surface area contributed by atoms with Crippen LogP contribution in [0.4, 0.5) is 0 Å². The zero-order chi connectivity index (χ0) is 21.9. The summed E-state index contributed by atoms with van der Waals surface area (Å²) in [7, 11) is 0. The minimum absolute atomic E-state index is 0.246. The lowest BCUT2D eigenvalue weighted by Crippen LogP contribution is -2.23. The molecule has 0 unspecified atom stereocenters. The molecule has 0 atom stereocenters. The Labute approximate surface area is 187 Å². The van der Waals surface area contributed by atoms with Crippen LogP contribution in [0.5, 0.6) is 0 Å². The van der Waals surface area contributed by atoms with Gasteiger partial charge in [0, 0.05) is 24.7 Å². The van der Waals surface area contributed by atoms with Gasteiger partial charge in [0.25, 0.3) is 5.91 Å². The molecule has 1 fully saturated rings. The number of allylic oxidation sites excluding steroid dienone is 2. The Hall–Kier alpha value is -3.42. The van der Waals surface area contributed by atoms with Gasteiger partial charge in [-0.05, 0) is 68.7 Å². The van der Waals surface area contributed by atoms with Crippen molar-refractivity contribution in [3.8, 4) is 0 Å². The summed E-state index contributed by atoms with van der Waals surface area (Å²) < 4.78 is 1.72. The maximum atomic E-state index is 12.3. The average Bonchev–Trinajstić information content (AvgIpc) is 3.46. The predicted molar refractivity (Wildman–Crippen MR) is 119 cm³/mol. The Bertz CT molecular complexity index is 1150. The molecule has 0 aromatic carbocycles. The van der Waals surface area contributed by atoms with Crippen LogP contribution in [0.15, 0.2) is 42.2 Å². The highest BCUT2D eigenvalue weighted by Crippen LogP contribution is 2.45. The van der Waals surface area contributed by atoms with Crippen LogP contribution in [-0.4, -0.2) is 36.1 Å². The number of unbranched alkanes of at least 4 members (excludes halogenated alkanes) is 1. The highest BCUT2D eigenvalue weighted by atomic mass is 16.2. The first kappa shape index (κ1) is 20.5. The van der Waals surface area contributed by atoms with Crippen LogP contribution in [-0.2, 0) is 25.9 Å². The third kappa shape index (κ3) is 4.59. The number of nitrogens with zero attached hydrogens (tertiary/aromatic N) is 6. The Balaban J connectivity index is 1.08. The van der Waals surface area contributed by atoms with E-state index in [1.807, 2.05) is 18.2 Å². The summed E-state index contributed by atoms with van der Waals surface area (Å²) in [6.07, 6.45) is 9.84. The molecule has 0 spiro atoms. The van der Waals surface area contributed by atoms with Gasteiger partial charge in [-0.25, -0.2) is 0 Å². The minimum Gasteiger partial charge on any atom is -0.345 e. The van der Waals surface area contributed by atoms with Crippen molar-refractivity contribution in [2.24, 2.45) is 5.92 Å². The van der Waals surface area contributed by atoms with Gasteiger partial charge in [-0.2, -0.15) is 10.2 Å². The summed E-state index contributed by atoms with van der Waals surface area (Å²) >= 11 is 0. The summed E-state index contributed by atoms with van der Waals surface area (Å²) in [6.45, 7) is 3.31. The van der Waals surface area contributed by atoms with E-state index in [-0.39, 0.29) is 5.91 Å². The third-order valence-corrected chi connectivity index (χ3v) is 6.23. The van der Waals surface area contributed by atoms with Crippen LogP contribution < -0.4 is 5.32 Å². The highest BCUT2D eigenvalue weighted by Gasteiger charge is 2.32. The van der Waals surface area contributed by atoms with E-state index in [1.165, 1.54) is 24.0 Å². The van der Waals surface area contributed by atoms with Crippen molar-refractivity contribution in [3.05, 3.63) is 70.6 Å². The topological polar surface area (TPSA) is 98.5 Å². The van der Waals surface area contributed by atoms with E-state index in [2.05, 4.69) is 43.8 Å². The maximum Gasteiger partial charge on any atom is 0.273 e. The van der Waals surface area contributed by atoms with Crippen molar-refractivity contribution in [1.29, 1.82) is 0 Å². The number of hydrogen-bond acceptors (Lipinski definition) is 6. The molecule has 5 rings (SSSR count). The molecule has 2 aliphatic rings. The van der Waals surface area contributed by atoms with Crippen molar-refractivity contribution in [3.63, 3.8) is 0 Å². The summed E-state index contributed by atoms with van der Waals surface area (Å²) in [5.74, 6) is 0.543. The largest absolute Gasteiger partial charge is 0.345 e. The van der Waals surface area contributed by atoms with Crippen LogP contribution >= 0.6 is 0 Å². The van der Waals surface area contributed by atoms with Crippen LogP contribution in [0.2, 0.25) is 0 Å². The van der Waals surface area contributed by atoms with E-state index >= 15 is 0 Å². The Morgan fingerprint density at radius 3 is 2.88 bits per heavy atom. The van der Waals surface area contributed by atoms with Gasteiger partial charge in [0.05, 0.1) is 29.8 Å². The molecule has 1 N–H and O–H groups in total. The number of hydrogen-bond donors (Lipinski definition) is 1. The molecule has 0 bridgehead atoms. The Morgan fingerprint density at radius 1 is 1.16 bits per heavy atom. The van der Waals surface area contributed by atoms with Gasteiger partial charge < -0.3 is 5.32 Å². The monoisotopic (exact) mass is 429 g/mol. The molecular formula is C24H27N7O. The Morgan fingerprint density at radius 2 is 2.06 bits per heavy atom. The lowest BCUT2D eigenvalue weighted by atomic mass is 10.1. The maximum absolute atomic E-state index is 12.3. The predicted octanol–water partition coefficient (Wildman–Crippen LogP) is 3.16. The number of nitrogens with one attached hydrogen (secondary N) is 1. The van der Waals surface area contributed by atoms with Gasteiger partial charge in [0.2, 0.25) is 0 Å². The molecule has 3 heterocycles. The van der Waals surface area contributed by atoms with E-state index in [9.17, 15) is 4.79 Å². The quantitative estimate of drug-likeness (QED) is 0.525. The molecule has 0 saturated heterocycles. The van der Waals surface area contributed by atoms with Crippen LogP contribution in [0.3, 0.4) is 0 Å². The van der Waals surface area contributed by atoms with E-state index in [4.69, 9.17) is 0 Å². The SMILES string of the molecule is CC1=C(C2CC2)Cc2nnc(CCCCn3cc(C(=O)NCc4ccccn4)nn3)cc21. The van der Waals surface area contributed by atoms with E-state index in [1.54, 1.807) is 22.6 Å². The number of carbonyl (C=O) groups excluding carboxylic acids is 1. The van der Waals surface area contributed by atoms with Gasteiger partial charge >= 0.3 is 0 Å². The smallest absolute Gasteiger partial charge is 0.273 e. The fraction of sp³-hybridized carbons (Fsp3) is 0.417. The second-order valence-corrected chi connectivity index (χ2v) is 8.63. The molecule has 8 heteroatoms. The summed E-state index contributed by atoms with van der Waals surface area (Å²) in [5.41, 5.74) is 7.62. The number of aryl methyl sites for hydroxylation is 2. The van der Waals surface area contributed by atoms with Gasteiger partial charge in [-0.1, -0.05) is 16.9 Å². The number of rotatable bonds is 9. The Kier molecular flexibility index (Phi) is 5.75. The molecule has 32 heavy (non-hydrogen) atoms. The lowest BCUT2D eigenvalue weighted by Gasteiger charge is -2.05. The fourth-order valence-corrected chi connectivity index (χ4v) is 4.26. The van der Waals surface area contributed by atoms with Crippen molar-refractivity contribution in [2.45, 2.75) is 58.5 Å². The highest BCUT2D eigenvalue weighted by molar-refractivity contribution is 5.91. The summed E-state index contributed by atoms with van der Waals surface area (Å²) in [4.78, 5) is 16.5. The summed E-state index contributed by atoms with van der Waals surface area (Å²) in [6, 6.07) is 7.83. The van der Waals surface area contributed by atoms with Gasteiger partial charge in [-0.15, -0.1) is 5.10 Å². The standard InChI is InChI=1S/C24H27N7O/c1-16-20(17-8-9-17)13-22-21(16)12-18(27-28-22)6-3-5-11-31-15-23(29-30-31)24(32)26-14-19-7-2-4-10-25-19/h2,4,7,10,12,15,17H,3,5-6,8-9,11,13-14H2,1H3,(H,26,32). The van der Waals surface area contributed by atoms with Gasteiger partial charge in [0.15, 0.2) is 5.69 Å². The van der Waals surface area contributed by atoms with Crippen molar-refractivity contribution in [2.75, 3.05) is 0 Å². The van der Waals surface area contributed by atoms with Crippen molar-refractivity contribution < 1.29 is 4.79 Å². The molecule has 3 aromatic heterocycles. The number of carbonyl (C=O) groups is 1. The second kappa shape index (κ2) is 8.98. The molecular weight excluding hydrogens is 402 g/mol. The van der Waals surface area contributed by atoms with E-state index in [0.717, 1.165) is 48.7 Å². The number of aromatic nitrogens is 6. The number of amides is 1. The van der Waals surface area contributed by atoms with E-state index in [0.29, 0.717) is 18.8 Å². The van der Waals surface area contributed by atoms with Crippen LogP contribution in [0.1, 0.15) is 65.7 Å². The van der Waals surface area contributed by atoms with Gasteiger partial charge in [-0.3, -0.25) is 14.5 Å². The molecule has 3 aromatic rings. The lowest BCUT2D eigenvalue weighted by molar-refractivity contribution is 0.0945. The molecule has 1 amide bonds. The first-order valence-electron chi connectivity index (χ1n) is 11.3. The van der Waals surface area contributed by atoms with Crippen LogP contribution in [0, 0.1) is 5.92 Å². The third-order valence-electron chi connectivity index (χ3n) is 6.23. The van der Waals surface area contributed by atoms with Gasteiger partial charge in [0.1, 0.15) is 0 Å². The fourth-order valence-electron chi connectivity index (χ4n) is 4.26. The normalized spacial score (nSPS) is 15.2. The molecule has 164 valence electrons. The van der Waals surface area contributed by atoms with Crippen molar-refractivity contribution >= 4 is 11.5 Å². The van der Waals surface area contributed by atoms with Crippen molar-refractivity contribution in [1.82, 2.24) is 35.5 Å². The molecule has 2 aliphatic carbocycles. The molecule has 0 radical (unpaired) electrons. The number of fused-ring (bicyclic) bond motifs is 1. The molecule has 0 aliphatic heterocycles. The number of pyridine rings is 1. The second-order valence-electron chi connectivity index (χ2n) is 8.63.